The van der Waals surface area contributed by atoms with Gasteiger partial charge in [0, 0.05) is 30.0 Å². The Bertz CT molecular complexity index is 1440. The van der Waals surface area contributed by atoms with Gasteiger partial charge in [-0.25, -0.2) is 9.98 Å². The number of aryl methyl sites for hydroxylation is 1. The predicted molar refractivity (Wildman–Crippen MR) is 140 cm³/mol. The summed E-state index contributed by atoms with van der Waals surface area (Å²) in [6, 6.07) is 14.8. The van der Waals surface area contributed by atoms with E-state index in [9.17, 15) is 13.2 Å². The van der Waals surface area contributed by atoms with Gasteiger partial charge in [0.05, 0.1) is 11.3 Å². The lowest BCUT2D eigenvalue weighted by atomic mass is 9.73. The minimum atomic E-state index is -4.46. The van der Waals surface area contributed by atoms with Crippen molar-refractivity contribution in [2.24, 2.45) is 22.8 Å². The van der Waals surface area contributed by atoms with E-state index in [0.29, 0.717) is 17.4 Å². The minimum Gasteiger partial charge on any atom is -0.321 e. The molecule has 1 saturated carbocycles. The van der Waals surface area contributed by atoms with Gasteiger partial charge in [-0.15, -0.1) is 0 Å². The number of nitrogens with zero attached hydrogens (tertiary/aromatic N) is 5. The number of aromatic nitrogens is 2. The molecule has 0 unspecified atom stereocenters. The lowest BCUT2D eigenvalue weighted by Gasteiger charge is -2.38. The van der Waals surface area contributed by atoms with Crippen LogP contribution in [0.2, 0.25) is 0 Å². The van der Waals surface area contributed by atoms with Crippen molar-refractivity contribution in [1.82, 2.24) is 9.78 Å². The molecule has 37 heavy (non-hydrogen) atoms. The molecule has 5 rings (SSSR count). The second kappa shape index (κ2) is 9.15. The Hall–Kier alpha value is -3.98. The van der Waals surface area contributed by atoms with Gasteiger partial charge >= 0.3 is 6.18 Å². The second-order valence-electron chi connectivity index (χ2n) is 9.30. The van der Waals surface area contributed by atoms with Crippen molar-refractivity contribution < 1.29 is 13.2 Å². The first kappa shape index (κ1) is 24.7. The molecule has 9 heteroatoms. The van der Waals surface area contributed by atoms with Crippen molar-refractivity contribution in [3.05, 3.63) is 102 Å². The van der Waals surface area contributed by atoms with Crippen LogP contribution in [0.3, 0.4) is 0 Å². The zero-order chi connectivity index (χ0) is 26.4. The number of benzene rings is 2. The molecule has 1 aliphatic heterocycles. The Labute approximate surface area is 213 Å². The molecule has 0 saturated heterocycles. The van der Waals surface area contributed by atoms with Gasteiger partial charge in [0.2, 0.25) is 0 Å². The van der Waals surface area contributed by atoms with Crippen LogP contribution in [0.25, 0.3) is 5.70 Å². The van der Waals surface area contributed by atoms with Gasteiger partial charge < -0.3 is 5.73 Å². The van der Waals surface area contributed by atoms with Crippen LogP contribution in [-0.2, 0) is 18.8 Å². The quantitative estimate of drug-likeness (QED) is 0.462. The third kappa shape index (κ3) is 4.51. The van der Waals surface area contributed by atoms with E-state index < -0.39 is 11.7 Å². The molecule has 0 atom stereocenters. The summed E-state index contributed by atoms with van der Waals surface area (Å²) in [4.78, 5) is 11.4. The third-order valence-electron chi connectivity index (χ3n) is 6.91. The van der Waals surface area contributed by atoms with Gasteiger partial charge in [0.15, 0.2) is 11.7 Å². The maximum absolute atomic E-state index is 13.3. The predicted octanol–water partition coefficient (Wildman–Crippen LogP) is 6.02. The Balaban J connectivity index is 1.59. The summed E-state index contributed by atoms with van der Waals surface area (Å²) in [6.07, 6.45) is 2.04. The van der Waals surface area contributed by atoms with Gasteiger partial charge in [-0.3, -0.25) is 9.58 Å². The van der Waals surface area contributed by atoms with Crippen LogP contribution in [0.4, 0.5) is 18.9 Å². The van der Waals surface area contributed by atoms with Gasteiger partial charge in [0.25, 0.3) is 0 Å². The number of aliphatic imine (C=N–C) groups is 2. The van der Waals surface area contributed by atoms with E-state index in [1.807, 2.05) is 55.3 Å². The fourth-order valence-corrected chi connectivity index (χ4v) is 4.60. The maximum atomic E-state index is 13.3. The summed E-state index contributed by atoms with van der Waals surface area (Å²) in [6.45, 7) is 5.82. The van der Waals surface area contributed by atoms with Crippen LogP contribution in [-0.4, -0.2) is 21.5 Å². The zero-order valence-corrected chi connectivity index (χ0v) is 20.6. The summed E-state index contributed by atoms with van der Waals surface area (Å²) < 4.78 is 41.6. The average Bonchev–Trinajstić information content (AvgIpc) is 3.45. The number of nitrogens with two attached hydrogens (primary N) is 1. The molecule has 0 spiro atoms. The molecule has 6 nitrogen and oxygen atoms in total. The van der Waals surface area contributed by atoms with E-state index in [2.05, 4.69) is 11.7 Å². The molecule has 2 aliphatic rings. The fraction of sp³-hybridized carbons (Fsp3) is 0.250. The first-order chi connectivity index (χ1) is 17.6. The Morgan fingerprint density at radius 1 is 1.14 bits per heavy atom. The molecule has 1 aromatic heterocycles. The summed E-state index contributed by atoms with van der Waals surface area (Å²) in [5.74, 6) is 1.06. The Morgan fingerprint density at radius 3 is 2.43 bits per heavy atom. The molecule has 1 fully saturated rings. The van der Waals surface area contributed by atoms with Crippen LogP contribution >= 0.6 is 0 Å². The number of alkyl halides is 3. The highest BCUT2D eigenvalue weighted by atomic mass is 19.4. The van der Waals surface area contributed by atoms with E-state index in [4.69, 9.17) is 15.7 Å². The number of hydrogen-bond donors (Lipinski definition) is 1. The summed E-state index contributed by atoms with van der Waals surface area (Å²) in [7, 11) is 1.82. The van der Waals surface area contributed by atoms with Gasteiger partial charge in [-0.1, -0.05) is 36.9 Å². The van der Waals surface area contributed by atoms with E-state index in [1.165, 1.54) is 6.07 Å². The molecule has 190 valence electrons. The van der Waals surface area contributed by atoms with Crippen molar-refractivity contribution in [3.63, 3.8) is 0 Å². The molecule has 2 N–H and O–H groups in total. The highest BCUT2D eigenvalue weighted by molar-refractivity contribution is 6.34. The highest BCUT2D eigenvalue weighted by Crippen LogP contribution is 2.40. The smallest absolute Gasteiger partial charge is 0.321 e. The summed E-state index contributed by atoms with van der Waals surface area (Å²) in [5.41, 5.74) is 9.12. The molecule has 2 heterocycles. The largest absolute Gasteiger partial charge is 0.416 e. The van der Waals surface area contributed by atoms with Crippen LogP contribution in [0.1, 0.15) is 48.6 Å². The van der Waals surface area contributed by atoms with E-state index in [0.717, 1.165) is 48.3 Å². The SMILES string of the molecule is C=C(N=C1/C(=C\C)N=C(c2ccnn2C)N1c1ccc(C2(N)CCC2)cc1)c1cccc(C(F)(F)F)c1. The molecular formula is C28H27F3N6. The lowest BCUT2D eigenvalue weighted by Crippen LogP contribution is -2.43. The van der Waals surface area contributed by atoms with Crippen LogP contribution < -0.4 is 10.6 Å². The van der Waals surface area contributed by atoms with Gasteiger partial charge in [0.1, 0.15) is 11.4 Å². The van der Waals surface area contributed by atoms with E-state index in [1.54, 1.807) is 16.9 Å². The first-order valence-corrected chi connectivity index (χ1v) is 12.0. The molecular weight excluding hydrogens is 477 g/mol. The normalized spacial score (nSPS) is 19.3. The minimum absolute atomic E-state index is 0.193. The lowest BCUT2D eigenvalue weighted by molar-refractivity contribution is -0.137. The number of allylic oxidation sites excluding steroid dienone is 1. The van der Waals surface area contributed by atoms with Crippen molar-refractivity contribution in [1.29, 1.82) is 0 Å². The van der Waals surface area contributed by atoms with Crippen LogP contribution in [0, 0.1) is 0 Å². The van der Waals surface area contributed by atoms with Crippen molar-refractivity contribution >= 4 is 23.1 Å². The van der Waals surface area contributed by atoms with Crippen molar-refractivity contribution in [2.45, 2.75) is 37.9 Å². The van der Waals surface area contributed by atoms with Crippen LogP contribution in [0.15, 0.2) is 89.1 Å². The summed E-state index contributed by atoms with van der Waals surface area (Å²) >= 11 is 0. The molecule has 2 aromatic carbocycles. The summed E-state index contributed by atoms with van der Waals surface area (Å²) in [5, 5.41) is 4.28. The number of halogens is 3. The van der Waals surface area contributed by atoms with E-state index in [-0.39, 0.29) is 16.8 Å². The molecule has 0 amide bonds. The number of anilines is 1. The number of rotatable bonds is 5. The topological polar surface area (TPSA) is 71.8 Å². The second-order valence-corrected chi connectivity index (χ2v) is 9.30. The Kier molecular flexibility index (Phi) is 6.11. The standard InChI is InChI=1S/C28H27F3N6/c1-4-23-25(34-18(2)19-7-5-8-21(17-19)28(29,30)31)37(26(35-23)24-13-16-33-36(24)3)22-11-9-20(10-12-22)27(32)14-6-15-27/h4-5,7-13,16-17H,2,6,14-15,32H2,1,3H3/b23-4+,34-25?. The molecule has 1 aliphatic carbocycles. The highest BCUT2D eigenvalue weighted by Gasteiger charge is 2.36. The van der Waals surface area contributed by atoms with Crippen LogP contribution in [0.5, 0.6) is 0 Å². The number of hydrogen-bond acceptors (Lipinski definition) is 4. The monoisotopic (exact) mass is 504 g/mol. The third-order valence-corrected chi connectivity index (χ3v) is 6.91. The van der Waals surface area contributed by atoms with Crippen molar-refractivity contribution in [3.8, 4) is 0 Å². The fourth-order valence-electron chi connectivity index (χ4n) is 4.60. The average molecular weight is 505 g/mol. The first-order valence-electron chi connectivity index (χ1n) is 12.0. The van der Waals surface area contributed by atoms with Gasteiger partial charge in [-0.2, -0.15) is 18.3 Å². The molecule has 0 radical (unpaired) electrons. The van der Waals surface area contributed by atoms with Gasteiger partial charge in [-0.05, 0) is 62.1 Å². The zero-order valence-electron chi connectivity index (χ0n) is 20.6. The Morgan fingerprint density at radius 2 is 1.86 bits per heavy atom. The van der Waals surface area contributed by atoms with E-state index >= 15 is 0 Å². The van der Waals surface area contributed by atoms with Crippen molar-refractivity contribution in [2.75, 3.05) is 4.90 Å². The number of amidine groups is 2. The molecule has 3 aromatic rings. The maximum Gasteiger partial charge on any atom is 0.416 e. The molecule has 0 bridgehead atoms.